The van der Waals surface area contributed by atoms with Crippen LogP contribution in [0.15, 0.2) is 73.1 Å². The van der Waals surface area contributed by atoms with Crippen molar-refractivity contribution in [2.45, 2.75) is 31.8 Å². The van der Waals surface area contributed by atoms with E-state index in [-0.39, 0.29) is 31.8 Å². The van der Waals surface area contributed by atoms with Crippen LogP contribution in [-0.4, -0.2) is 46.8 Å². The minimum Gasteiger partial charge on any atom is -0.481 e. The molecule has 2 atom stereocenters. The van der Waals surface area contributed by atoms with Crippen molar-refractivity contribution >= 4 is 35.2 Å². The van der Waals surface area contributed by atoms with Gasteiger partial charge in [-0.1, -0.05) is 24.3 Å². The van der Waals surface area contributed by atoms with E-state index in [0.717, 1.165) is 12.1 Å². The first-order valence-electron chi connectivity index (χ1n) is 12.7. The fourth-order valence-electron chi connectivity index (χ4n) is 4.39. The summed E-state index contributed by atoms with van der Waals surface area (Å²) in [6, 6.07) is 13.4. The van der Waals surface area contributed by atoms with Gasteiger partial charge in [0, 0.05) is 43.3 Å². The van der Waals surface area contributed by atoms with Crippen molar-refractivity contribution in [3.05, 3.63) is 84.2 Å². The summed E-state index contributed by atoms with van der Waals surface area (Å²) in [5.41, 5.74) is 1.66. The molecule has 0 radical (unpaired) electrons. The minimum absolute atomic E-state index is 0.0451. The summed E-state index contributed by atoms with van der Waals surface area (Å²) in [6.07, 6.45) is -2.29. The Hall–Kier alpha value is -5.14. The van der Waals surface area contributed by atoms with Crippen LogP contribution in [0, 0.1) is 5.92 Å². The maximum Gasteiger partial charge on any atom is 0.573 e. The Morgan fingerprint density at radius 2 is 1.88 bits per heavy atom. The zero-order chi connectivity index (χ0) is 30.3. The molecular weight excluding hydrogens is 559 g/mol. The second kappa shape index (κ2) is 13.0. The van der Waals surface area contributed by atoms with Crippen LogP contribution in [0.5, 0.6) is 5.75 Å². The average molecular weight is 586 g/mol. The SMILES string of the molecule is O=C(O)CC(NC(=O)C1CC(=O)N(c2cccc(NC(=O)NCc3cccc(OC(F)(F)F)c3)c2)C1)c1cccnc1. The lowest BCUT2D eigenvalue weighted by Crippen LogP contribution is -2.36. The maximum absolute atomic E-state index is 13.0. The van der Waals surface area contributed by atoms with Crippen molar-refractivity contribution < 1.29 is 42.2 Å². The number of anilines is 2. The molecule has 1 aliphatic heterocycles. The maximum atomic E-state index is 13.0. The first kappa shape index (κ1) is 29.8. The molecule has 4 rings (SSSR count). The Bertz CT molecular complexity index is 1450. The molecule has 0 aliphatic carbocycles. The lowest BCUT2D eigenvalue weighted by atomic mass is 10.0. The molecule has 2 aromatic carbocycles. The number of hydrogen-bond donors (Lipinski definition) is 4. The fraction of sp³-hybridized carbons (Fsp3) is 0.250. The first-order chi connectivity index (χ1) is 20.0. The molecule has 0 bridgehead atoms. The van der Waals surface area contributed by atoms with Crippen molar-refractivity contribution in [2.75, 3.05) is 16.8 Å². The van der Waals surface area contributed by atoms with Gasteiger partial charge in [0.15, 0.2) is 0 Å². The predicted molar refractivity (Wildman–Crippen MR) is 143 cm³/mol. The van der Waals surface area contributed by atoms with Gasteiger partial charge in [-0.2, -0.15) is 0 Å². The molecule has 14 heteroatoms. The highest BCUT2D eigenvalue weighted by atomic mass is 19.4. The van der Waals surface area contributed by atoms with E-state index in [2.05, 4.69) is 25.7 Å². The number of rotatable bonds is 10. The number of ether oxygens (including phenoxy) is 1. The number of amides is 4. The zero-order valence-corrected chi connectivity index (χ0v) is 21.9. The summed E-state index contributed by atoms with van der Waals surface area (Å²) in [5.74, 6) is -3.05. The topological polar surface area (TPSA) is 150 Å². The molecule has 11 nitrogen and oxygen atoms in total. The van der Waals surface area contributed by atoms with Gasteiger partial charge in [-0.15, -0.1) is 13.2 Å². The van der Waals surface area contributed by atoms with E-state index >= 15 is 0 Å². The molecule has 3 aromatic rings. The molecule has 2 heterocycles. The normalized spacial score (nSPS) is 15.5. The van der Waals surface area contributed by atoms with E-state index in [1.165, 1.54) is 29.4 Å². The van der Waals surface area contributed by atoms with Gasteiger partial charge < -0.3 is 30.7 Å². The van der Waals surface area contributed by atoms with Crippen LogP contribution >= 0.6 is 0 Å². The molecule has 0 spiro atoms. The number of carbonyl (C=O) groups excluding carboxylic acids is 3. The third kappa shape index (κ3) is 8.43. The van der Waals surface area contributed by atoms with Gasteiger partial charge in [-0.25, -0.2) is 4.79 Å². The van der Waals surface area contributed by atoms with Crippen LogP contribution in [0.3, 0.4) is 0 Å². The van der Waals surface area contributed by atoms with Crippen molar-refractivity contribution in [1.82, 2.24) is 15.6 Å². The second-order valence-corrected chi connectivity index (χ2v) is 9.40. The van der Waals surface area contributed by atoms with E-state index in [1.54, 1.807) is 36.4 Å². The molecule has 1 aromatic heterocycles. The van der Waals surface area contributed by atoms with Crippen LogP contribution in [0.4, 0.5) is 29.3 Å². The Morgan fingerprint density at radius 1 is 1.10 bits per heavy atom. The number of carbonyl (C=O) groups is 4. The molecular formula is C28H26F3N5O6. The van der Waals surface area contributed by atoms with E-state index in [1.807, 2.05) is 0 Å². The van der Waals surface area contributed by atoms with Crippen LogP contribution in [-0.2, 0) is 20.9 Å². The highest BCUT2D eigenvalue weighted by Gasteiger charge is 2.36. The quantitative estimate of drug-likeness (QED) is 0.281. The standard InChI is InChI=1S/C28H26F3N5O6/c29-28(30,31)42-22-8-1-4-17(10-22)14-33-27(41)34-20-6-2-7-21(12-20)36-16-19(11-24(36)37)26(40)35-23(13-25(38)39)18-5-3-9-32-15-18/h1-10,12,15,19,23H,11,13-14,16H2,(H,35,40)(H,38,39)(H2,33,34,41). The van der Waals surface area contributed by atoms with Gasteiger partial charge in [0.1, 0.15) is 5.75 Å². The molecule has 0 saturated carbocycles. The second-order valence-electron chi connectivity index (χ2n) is 9.40. The Morgan fingerprint density at radius 3 is 2.60 bits per heavy atom. The third-order valence-corrected chi connectivity index (χ3v) is 6.28. The number of carboxylic acids is 1. The molecule has 1 fully saturated rings. The minimum atomic E-state index is -4.84. The van der Waals surface area contributed by atoms with Gasteiger partial charge >= 0.3 is 18.4 Å². The van der Waals surface area contributed by atoms with Crippen LogP contribution in [0.1, 0.15) is 30.0 Å². The van der Waals surface area contributed by atoms with Gasteiger partial charge in [-0.05, 0) is 47.5 Å². The molecule has 42 heavy (non-hydrogen) atoms. The molecule has 2 unspecified atom stereocenters. The van der Waals surface area contributed by atoms with E-state index < -0.39 is 42.0 Å². The van der Waals surface area contributed by atoms with Crippen molar-refractivity contribution in [3.8, 4) is 5.75 Å². The Labute approximate surface area is 237 Å². The molecule has 4 amide bonds. The number of halogens is 3. The number of aliphatic carboxylic acids is 1. The summed E-state index contributed by atoms with van der Waals surface area (Å²) >= 11 is 0. The van der Waals surface area contributed by atoms with Gasteiger partial charge in [0.2, 0.25) is 11.8 Å². The number of nitrogens with one attached hydrogen (secondary N) is 3. The number of benzene rings is 2. The van der Waals surface area contributed by atoms with Crippen LogP contribution in [0.25, 0.3) is 0 Å². The lowest BCUT2D eigenvalue weighted by Gasteiger charge is -2.20. The first-order valence-corrected chi connectivity index (χ1v) is 12.7. The molecule has 4 N–H and O–H groups in total. The number of urea groups is 1. The number of hydrogen-bond acceptors (Lipinski definition) is 6. The van der Waals surface area contributed by atoms with Gasteiger partial charge in [0.25, 0.3) is 0 Å². The Kier molecular flexibility index (Phi) is 9.25. The summed E-state index contributed by atoms with van der Waals surface area (Å²) in [7, 11) is 0. The highest BCUT2D eigenvalue weighted by molar-refractivity contribution is 6.01. The van der Waals surface area contributed by atoms with Crippen molar-refractivity contribution in [2.24, 2.45) is 5.92 Å². The van der Waals surface area contributed by atoms with E-state index in [4.69, 9.17) is 0 Å². The zero-order valence-electron chi connectivity index (χ0n) is 21.9. The van der Waals surface area contributed by atoms with Crippen molar-refractivity contribution in [3.63, 3.8) is 0 Å². The summed E-state index contributed by atoms with van der Waals surface area (Å²) in [4.78, 5) is 54.9. The third-order valence-electron chi connectivity index (χ3n) is 6.28. The summed E-state index contributed by atoms with van der Waals surface area (Å²) in [5, 5.41) is 17.1. The van der Waals surface area contributed by atoms with E-state index in [9.17, 15) is 37.5 Å². The van der Waals surface area contributed by atoms with E-state index in [0.29, 0.717) is 22.5 Å². The Balaban J connectivity index is 1.34. The van der Waals surface area contributed by atoms with Gasteiger partial charge in [-0.3, -0.25) is 19.4 Å². The monoisotopic (exact) mass is 585 g/mol. The number of aromatic nitrogens is 1. The average Bonchev–Trinajstić information content (AvgIpc) is 3.33. The van der Waals surface area contributed by atoms with Crippen LogP contribution < -0.4 is 25.6 Å². The summed E-state index contributed by atoms with van der Waals surface area (Å²) in [6.45, 7) is -0.0343. The number of carboxylic acid groups (broad SMARTS) is 1. The number of alkyl halides is 3. The number of pyridine rings is 1. The lowest BCUT2D eigenvalue weighted by molar-refractivity contribution is -0.274. The van der Waals surface area contributed by atoms with Crippen molar-refractivity contribution in [1.29, 1.82) is 0 Å². The number of nitrogens with zero attached hydrogens (tertiary/aromatic N) is 2. The largest absolute Gasteiger partial charge is 0.573 e. The summed E-state index contributed by atoms with van der Waals surface area (Å²) < 4.78 is 41.2. The fourth-order valence-corrected chi connectivity index (χ4v) is 4.39. The highest BCUT2D eigenvalue weighted by Crippen LogP contribution is 2.28. The predicted octanol–water partition coefficient (Wildman–Crippen LogP) is 3.99. The van der Waals surface area contributed by atoms with Gasteiger partial charge in [0.05, 0.1) is 18.4 Å². The molecule has 220 valence electrons. The van der Waals surface area contributed by atoms with Crippen LogP contribution in [0.2, 0.25) is 0 Å². The molecule has 1 saturated heterocycles. The smallest absolute Gasteiger partial charge is 0.481 e. The molecule has 1 aliphatic rings.